The third kappa shape index (κ3) is 4.45. The Bertz CT molecular complexity index is 505. The van der Waals surface area contributed by atoms with Gasteiger partial charge in [0.15, 0.2) is 5.82 Å². The number of hydrogen-bond acceptors (Lipinski definition) is 5. The van der Waals surface area contributed by atoms with E-state index in [2.05, 4.69) is 48.4 Å². The lowest BCUT2D eigenvalue weighted by molar-refractivity contribution is -0.0947. The number of hydrogen-bond donors (Lipinski definition) is 2. The Kier molecular flexibility index (Phi) is 5.08. The molecule has 0 aromatic carbocycles. The van der Waals surface area contributed by atoms with Gasteiger partial charge in [0.1, 0.15) is 5.76 Å². The minimum Gasteiger partial charge on any atom is -0.373 e. The van der Waals surface area contributed by atoms with Gasteiger partial charge >= 0.3 is 6.03 Å². The van der Waals surface area contributed by atoms with Gasteiger partial charge in [-0.15, -0.1) is 0 Å². The molecule has 1 saturated heterocycles. The van der Waals surface area contributed by atoms with Gasteiger partial charge in [-0.05, 0) is 34.6 Å². The van der Waals surface area contributed by atoms with Gasteiger partial charge in [0.05, 0.1) is 12.2 Å². The van der Waals surface area contributed by atoms with Crippen molar-refractivity contribution in [2.75, 3.05) is 25.0 Å². The molecule has 1 aliphatic rings. The van der Waals surface area contributed by atoms with Gasteiger partial charge in [0, 0.05) is 31.2 Å². The Morgan fingerprint density at radius 3 is 2.59 bits per heavy atom. The number of nitrogens with one attached hydrogen (secondary N) is 2. The van der Waals surface area contributed by atoms with Crippen LogP contribution in [-0.2, 0) is 4.74 Å². The van der Waals surface area contributed by atoms with Crippen molar-refractivity contribution >= 4 is 11.8 Å². The number of aromatic nitrogens is 1. The first-order valence-corrected chi connectivity index (χ1v) is 7.65. The van der Waals surface area contributed by atoms with E-state index in [1.807, 2.05) is 0 Å². The number of carbonyl (C=O) groups excluding carboxylic acids is 1. The highest BCUT2D eigenvalue weighted by Crippen LogP contribution is 2.20. The molecule has 2 rings (SSSR count). The Balaban J connectivity index is 1.84. The van der Waals surface area contributed by atoms with Gasteiger partial charge < -0.3 is 14.6 Å². The minimum atomic E-state index is -0.282. The summed E-state index contributed by atoms with van der Waals surface area (Å²) in [6, 6.07) is 1.39. The summed E-state index contributed by atoms with van der Waals surface area (Å²) in [4.78, 5) is 14.3. The molecular formula is C15H26N4O3. The summed E-state index contributed by atoms with van der Waals surface area (Å²) < 4.78 is 10.7. The van der Waals surface area contributed by atoms with Crippen LogP contribution in [0.5, 0.6) is 0 Å². The van der Waals surface area contributed by atoms with E-state index in [4.69, 9.17) is 9.26 Å². The minimum absolute atomic E-state index is 0.149. The van der Waals surface area contributed by atoms with E-state index < -0.39 is 0 Å². The highest BCUT2D eigenvalue weighted by molar-refractivity contribution is 5.88. The Hall–Kier alpha value is -1.60. The quantitative estimate of drug-likeness (QED) is 0.889. The van der Waals surface area contributed by atoms with Crippen molar-refractivity contribution in [3.8, 4) is 0 Å². The summed E-state index contributed by atoms with van der Waals surface area (Å²) in [5.41, 5.74) is -0.149. The molecule has 0 radical (unpaired) electrons. The maximum atomic E-state index is 11.9. The summed E-state index contributed by atoms with van der Waals surface area (Å²) in [5.74, 6) is 1.08. The smallest absolute Gasteiger partial charge is 0.320 e. The van der Waals surface area contributed by atoms with Gasteiger partial charge in [-0.25, -0.2) is 4.79 Å². The molecule has 1 fully saturated rings. The van der Waals surface area contributed by atoms with Crippen molar-refractivity contribution in [2.24, 2.45) is 0 Å². The van der Waals surface area contributed by atoms with Gasteiger partial charge in [0.2, 0.25) is 0 Å². The molecule has 0 spiro atoms. The summed E-state index contributed by atoms with van der Waals surface area (Å²) in [7, 11) is 0. The van der Waals surface area contributed by atoms with E-state index in [9.17, 15) is 4.79 Å². The van der Waals surface area contributed by atoms with Crippen molar-refractivity contribution in [2.45, 2.75) is 52.4 Å². The number of rotatable bonds is 4. The van der Waals surface area contributed by atoms with Crippen molar-refractivity contribution in [3.63, 3.8) is 0 Å². The molecular weight excluding hydrogens is 284 g/mol. The van der Waals surface area contributed by atoms with E-state index in [1.165, 1.54) is 0 Å². The number of nitrogens with zero attached hydrogens (tertiary/aromatic N) is 2. The van der Waals surface area contributed by atoms with Crippen LogP contribution in [0.4, 0.5) is 10.6 Å². The second-order valence-corrected chi connectivity index (χ2v) is 6.61. The van der Waals surface area contributed by atoms with Gasteiger partial charge in [-0.1, -0.05) is 5.16 Å². The molecule has 0 saturated carbocycles. The van der Waals surface area contributed by atoms with E-state index in [1.54, 1.807) is 13.0 Å². The lowest BCUT2D eigenvalue weighted by Crippen LogP contribution is -2.59. The third-order valence-electron chi connectivity index (χ3n) is 3.83. The van der Waals surface area contributed by atoms with E-state index >= 15 is 0 Å². The number of amides is 2. The molecule has 2 heterocycles. The number of ether oxygens (including phenoxy) is 1. The number of carbonyl (C=O) groups is 1. The molecule has 1 aliphatic heterocycles. The molecule has 2 atom stereocenters. The summed E-state index contributed by atoms with van der Waals surface area (Å²) in [6.45, 7) is 12.4. The molecule has 2 amide bonds. The standard InChI is InChI=1S/C15H26N4O3/c1-10-6-13(18-22-10)17-14(20)16-9-15(4,5)19-7-11(2)21-12(3)8-19/h6,11-12H,7-9H2,1-5H3,(H2,16,17,18,20). The van der Waals surface area contributed by atoms with Crippen LogP contribution in [0.25, 0.3) is 0 Å². The molecule has 0 bridgehead atoms. The van der Waals surface area contributed by atoms with Crippen LogP contribution in [0.2, 0.25) is 0 Å². The normalized spacial score (nSPS) is 23.3. The highest BCUT2D eigenvalue weighted by Gasteiger charge is 2.33. The molecule has 0 aliphatic carbocycles. The number of urea groups is 1. The summed E-state index contributed by atoms with van der Waals surface area (Å²) >= 11 is 0. The molecule has 7 nitrogen and oxygen atoms in total. The summed E-state index contributed by atoms with van der Waals surface area (Å²) in [5, 5.41) is 9.29. The second kappa shape index (κ2) is 6.66. The monoisotopic (exact) mass is 310 g/mol. The first-order valence-electron chi connectivity index (χ1n) is 7.65. The molecule has 22 heavy (non-hydrogen) atoms. The van der Waals surface area contributed by atoms with Crippen LogP contribution < -0.4 is 10.6 Å². The third-order valence-corrected chi connectivity index (χ3v) is 3.83. The van der Waals surface area contributed by atoms with Crippen LogP contribution in [0.1, 0.15) is 33.5 Å². The van der Waals surface area contributed by atoms with Crippen LogP contribution in [-0.4, -0.2) is 53.5 Å². The summed E-state index contributed by atoms with van der Waals surface area (Å²) in [6.07, 6.45) is 0.407. The molecule has 7 heteroatoms. The maximum Gasteiger partial charge on any atom is 0.320 e. The fourth-order valence-corrected chi connectivity index (χ4v) is 2.67. The number of anilines is 1. The molecule has 2 N–H and O–H groups in total. The fourth-order valence-electron chi connectivity index (χ4n) is 2.67. The lowest BCUT2D eigenvalue weighted by atomic mass is 10.0. The van der Waals surface area contributed by atoms with Gasteiger partial charge in [-0.3, -0.25) is 10.2 Å². The van der Waals surface area contributed by atoms with Crippen LogP contribution >= 0.6 is 0 Å². The van der Waals surface area contributed by atoms with Gasteiger partial charge in [-0.2, -0.15) is 0 Å². The van der Waals surface area contributed by atoms with Gasteiger partial charge in [0.25, 0.3) is 0 Å². The van der Waals surface area contributed by atoms with E-state index in [-0.39, 0.29) is 23.8 Å². The average Bonchev–Trinajstić information content (AvgIpc) is 2.81. The molecule has 2 unspecified atom stereocenters. The zero-order valence-electron chi connectivity index (χ0n) is 14.0. The Morgan fingerprint density at radius 2 is 2.05 bits per heavy atom. The zero-order valence-corrected chi connectivity index (χ0v) is 14.0. The van der Waals surface area contributed by atoms with Crippen molar-refractivity contribution in [3.05, 3.63) is 11.8 Å². The fraction of sp³-hybridized carbons (Fsp3) is 0.733. The number of morpholine rings is 1. The first kappa shape index (κ1) is 16.8. The van der Waals surface area contributed by atoms with E-state index in [0.29, 0.717) is 18.1 Å². The van der Waals surface area contributed by atoms with Crippen LogP contribution in [0.3, 0.4) is 0 Å². The largest absolute Gasteiger partial charge is 0.373 e. The van der Waals surface area contributed by atoms with Crippen molar-refractivity contribution in [1.82, 2.24) is 15.4 Å². The van der Waals surface area contributed by atoms with Crippen molar-refractivity contribution < 1.29 is 14.1 Å². The molecule has 1 aromatic heterocycles. The predicted molar refractivity (Wildman–Crippen MR) is 83.9 cm³/mol. The second-order valence-electron chi connectivity index (χ2n) is 6.61. The highest BCUT2D eigenvalue weighted by atomic mass is 16.5. The maximum absolute atomic E-state index is 11.9. The topological polar surface area (TPSA) is 79.6 Å². The predicted octanol–water partition coefficient (Wildman–Crippen LogP) is 1.99. The SMILES string of the molecule is Cc1cc(NC(=O)NCC(C)(C)N2CC(C)OC(C)C2)no1. The number of aryl methyl sites for hydroxylation is 1. The Labute approximate surface area is 131 Å². The van der Waals surface area contributed by atoms with E-state index in [0.717, 1.165) is 13.1 Å². The van der Waals surface area contributed by atoms with Crippen molar-refractivity contribution in [1.29, 1.82) is 0 Å². The van der Waals surface area contributed by atoms with Crippen LogP contribution in [0.15, 0.2) is 10.6 Å². The van der Waals surface area contributed by atoms with Crippen LogP contribution in [0, 0.1) is 6.92 Å². The molecule has 1 aromatic rings. The average molecular weight is 310 g/mol. The Morgan fingerprint density at radius 1 is 1.41 bits per heavy atom. The molecule has 124 valence electrons. The zero-order chi connectivity index (χ0) is 16.3. The lowest BCUT2D eigenvalue weighted by Gasteiger charge is -2.45. The first-order chi connectivity index (χ1) is 10.3.